The molecule has 1 atom stereocenters. The summed E-state index contributed by atoms with van der Waals surface area (Å²) < 4.78 is 28.7. The van der Waals surface area contributed by atoms with Gasteiger partial charge in [0, 0.05) is 18.0 Å². The van der Waals surface area contributed by atoms with Gasteiger partial charge in [-0.1, -0.05) is 57.2 Å². The Morgan fingerprint density at radius 3 is 2.33 bits per heavy atom. The fraction of sp³-hybridized carbons (Fsp3) is 0.522. The second-order valence-corrected chi connectivity index (χ2v) is 11.1. The maximum absolute atomic E-state index is 12.9. The summed E-state index contributed by atoms with van der Waals surface area (Å²) in [6.45, 7) is 6.57. The molecular formula is C23H32N2O4S. The summed E-state index contributed by atoms with van der Waals surface area (Å²) in [6.07, 6.45) is 2.57. The fourth-order valence-corrected chi connectivity index (χ4v) is 5.98. The van der Waals surface area contributed by atoms with Gasteiger partial charge in [-0.05, 0) is 54.4 Å². The molecule has 0 saturated heterocycles. The van der Waals surface area contributed by atoms with E-state index in [9.17, 15) is 18.3 Å². The van der Waals surface area contributed by atoms with Crippen LogP contribution in [0.15, 0.2) is 47.4 Å². The molecule has 0 spiro atoms. The van der Waals surface area contributed by atoms with Crippen molar-refractivity contribution in [2.24, 2.45) is 17.3 Å². The van der Waals surface area contributed by atoms with E-state index in [1.165, 1.54) is 0 Å². The molecule has 1 aliphatic rings. The van der Waals surface area contributed by atoms with Crippen LogP contribution in [0.25, 0.3) is 10.8 Å². The minimum atomic E-state index is -3.60. The van der Waals surface area contributed by atoms with E-state index in [-0.39, 0.29) is 23.3 Å². The van der Waals surface area contributed by atoms with Crippen molar-refractivity contribution in [2.75, 3.05) is 6.54 Å². The molecule has 1 amide bonds. The summed E-state index contributed by atoms with van der Waals surface area (Å²) in [5, 5.41) is 13.5. The summed E-state index contributed by atoms with van der Waals surface area (Å²) >= 11 is 0. The van der Waals surface area contributed by atoms with Crippen molar-refractivity contribution in [3.63, 3.8) is 0 Å². The third-order valence-electron chi connectivity index (χ3n) is 6.18. The maximum atomic E-state index is 12.9. The molecule has 3 N–H and O–H groups in total. The van der Waals surface area contributed by atoms with Gasteiger partial charge in [0.15, 0.2) is 0 Å². The van der Waals surface area contributed by atoms with E-state index in [2.05, 4.69) is 30.8 Å². The number of amides is 1. The Morgan fingerprint density at radius 1 is 1.07 bits per heavy atom. The normalized spacial score (nSPS) is 21.3. The van der Waals surface area contributed by atoms with Crippen molar-refractivity contribution in [1.82, 2.24) is 10.0 Å². The molecule has 0 radical (unpaired) electrons. The highest BCUT2D eigenvalue weighted by atomic mass is 32.2. The van der Waals surface area contributed by atoms with E-state index in [1.54, 1.807) is 12.1 Å². The highest BCUT2D eigenvalue weighted by molar-refractivity contribution is 7.89. The summed E-state index contributed by atoms with van der Waals surface area (Å²) in [4.78, 5) is 11.5. The van der Waals surface area contributed by atoms with Gasteiger partial charge in [0.2, 0.25) is 10.0 Å². The number of fused-ring (bicyclic) bond motifs is 1. The molecule has 1 fully saturated rings. The van der Waals surface area contributed by atoms with Crippen LogP contribution >= 0.6 is 0 Å². The van der Waals surface area contributed by atoms with Gasteiger partial charge in [0.05, 0.1) is 4.90 Å². The Bertz CT molecular complexity index is 984. The highest BCUT2D eigenvalue weighted by Gasteiger charge is 2.36. The predicted octanol–water partition coefficient (Wildman–Crippen LogP) is 4.61. The average Bonchev–Trinajstić information content (AvgIpc) is 2.70. The van der Waals surface area contributed by atoms with E-state index in [0.29, 0.717) is 11.4 Å². The fourth-order valence-electron chi connectivity index (χ4n) is 4.64. The summed E-state index contributed by atoms with van der Waals surface area (Å²) in [5.41, 5.74) is -0.161. The lowest BCUT2D eigenvalue weighted by atomic mass is 9.71. The zero-order valence-corrected chi connectivity index (χ0v) is 18.7. The molecule has 3 rings (SSSR count). The van der Waals surface area contributed by atoms with E-state index < -0.39 is 16.1 Å². The van der Waals surface area contributed by atoms with Crippen LogP contribution < -0.4 is 10.0 Å². The Balaban J connectivity index is 1.62. The third kappa shape index (κ3) is 5.32. The first kappa shape index (κ1) is 22.6. The van der Waals surface area contributed by atoms with Crippen LogP contribution in [0.2, 0.25) is 0 Å². The van der Waals surface area contributed by atoms with E-state index in [4.69, 9.17) is 0 Å². The van der Waals surface area contributed by atoms with Crippen molar-refractivity contribution in [2.45, 2.75) is 57.4 Å². The lowest BCUT2D eigenvalue weighted by Crippen LogP contribution is -2.49. The van der Waals surface area contributed by atoms with Crippen LogP contribution in [0, 0.1) is 17.3 Å². The van der Waals surface area contributed by atoms with Crippen LogP contribution in [0.3, 0.4) is 0 Å². The standard InChI is InChI=1S/C23H32N2O4S/c1-23(2,3)21(25-22(26)27)18-13-11-16(12-14-18)15-24-30(28,29)20-10-6-8-17-7-4-5-9-19(17)20/h4-10,16,18,21,24-25H,11-15H2,1-3H3,(H,26,27). The second kappa shape index (κ2) is 8.94. The van der Waals surface area contributed by atoms with Gasteiger partial charge in [-0.2, -0.15) is 0 Å². The van der Waals surface area contributed by atoms with Crippen LogP contribution in [0.4, 0.5) is 4.79 Å². The SMILES string of the molecule is CC(C)(C)C(NC(=O)O)C1CCC(CNS(=O)(=O)c2cccc3ccccc23)CC1. The molecule has 0 aromatic heterocycles. The molecule has 2 aromatic carbocycles. The van der Waals surface area contributed by atoms with Gasteiger partial charge >= 0.3 is 6.09 Å². The quantitative estimate of drug-likeness (QED) is 0.621. The number of sulfonamides is 1. The zero-order valence-electron chi connectivity index (χ0n) is 17.9. The molecule has 1 unspecified atom stereocenters. The summed E-state index contributed by atoms with van der Waals surface area (Å²) in [6, 6.07) is 12.7. The van der Waals surface area contributed by atoms with Crippen LogP contribution in [-0.2, 0) is 10.0 Å². The third-order valence-corrected chi connectivity index (χ3v) is 7.66. The monoisotopic (exact) mass is 432 g/mol. The number of benzene rings is 2. The minimum absolute atomic E-state index is 0.108. The number of rotatable bonds is 6. The van der Waals surface area contributed by atoms with Crippen LogP contribution in [-0.4, -0.2) is 32.2 Å². The highest BCUT2D eigenvalue weighted by Crippen LogP contribution is 2.37. The summed E-state index contributed by atoms with van der Waals surface area (Å²) in [5.74, 6) is 0.531. The van der Waals surface area contributed by atoms with Crippen molar-refractivity contribution in [3.8, 4) is 0 Å². The molecule has 1 aliphatic carbocycles. The lowest BCUT2D eigenvalue weighted by Gasteiger charge is -2.40. The molecule has 7 heteroatoms. The van der Waals surface area contributed by atoms with Gasteiger partial charge in [-0.15, -0.1) is 0 Å². The molecule has 30 heavy (non-hydrogen) atoms. The first-order chi connectivity index (χ1) is 14.1. The van der Waals surface area contributed by atoms with Crippen molar-refractivity contribution in [1.29, 1.82) is 0 Å². The molecule has 6 nitrogen and oxygen atoms in total. The van der Waals surface area contributed by atoms with E-state index in [1.807, 2.05) is 30.3 Å². The van der Waals surface area contributed by atoms with Crippen molar-refractivity contribution in [3.05, 3.63) is 42.5 Å². The van der Waals surface area contributed by atoms with Gasteiger partial charge < -0.3 is 10.4 Å². The lowest BCUT2D eigenvalue weighted by molar-refractivity contribution is 0.125. The Labute approximate surface area is 179 Å². The summed E-state index contributed by atoms with van der Waals surface area (Å²) in [7, 11) is -3.60. The van der Waals surface area contributed by atoms with Gasteiger partial charge in [-0.3, -0.25) is 0 Å². The largest absolute Gasteiger partial charge is 0.465 e. The topological polar surface area (TPSA) is 95.5 Å². The minimum Gasteiger partial charge on any atom is -0.465 e. The molecule has 0 aliphatic heterocycles. The molecule has 164 valence electrons. The molecule has 0 bridgehead atoms. The van der Waals surface area contributed by atoms with Crippen molar-refractivity contribution >= 4 is 26.9 Å². The first-order valence-corrected chi connectivity index (χ1v) is 12.0. The Hall–Kier alpha value is -2.12. The predicted molar refractivity (Wildman–Crippen MR) is 119 cm³/mol. The Morgan fingerprint density at radius 2 is 1.70 bits per heavy atom. The number of carbonyl (C=O) groups is 1. The number of hydrogen-bond acceptors (Lipinski definition) is 3. The second-order valence-electron chi connectivity index (χ2n) is 9.40. The number of nitrogens with one attached hydrogen (secondary N) is 2. The molecule has 1 saturated carbocycles. The van der Waals surface area contributed by atoms with Crippen molar-refractivity contribution < 1.29 is 18.3 Å². The van der Waals surface area contributed by atoms with Crippen LogP contribution in [0.1, 0.15) is 46.5 Å². The first-order valence-electron chi connectivity index (χ1n) is 10.5. The number of carboxylic acid groups (broad SMARTS) is 1. The maximum Gasteiger partial charge on any atom is 0.404 e. The van der Waals surface area contributed by atoms with Gasteiger partial charge in [0.1, 0.15) is 0 Å². The molecule has 0 heterocycles. The van der Waals surface area contributed by atoms with Crippen LogP contribution in [0.5, 0.6) is 0 Å². The molecule has 2 aromatic rings. The zero-order chi connectivity index (χ0) is 21.9. The molecular weight excluding hydrogens is 400 g/mol. The van der Waals surface area contributed by atoms with Gasteiger partial charge in [-0.25, -0.2) is 17.9 Å². The number of hydrogen-bond donors (Lipinski definition) is 3. The van der Waals surface area contributed by atoms with E-state index >= 15 is 0 Å². The smallest absolute Gasteiger partial charge is 0.404 e. The average molecular weight is 433 g/mol. The van der Waals surface area contributed by atoms with Gasteiger partial charge in [0.25, 0.3) is 0 Å². The van der Waals surface area contributed by atoms with E-state index in [0.717, 1.165) is 36.5 Å². The Kier molecular flexibility index (Phi) is 6.72.